The van der Waals surface area contributed by atoms with Gasteiger partial charge in [-0.2, -0.15) is 8.78 Å². The Labute approximate surface area is 152 Å². The second kappa shape index (κ2) is 10.3. The molecule has 1 aromatic carbocycles. The van der Waals surface area contributed by atoms with Crippen LogP contribution >= 0.6 is 0 Å². The van der Waals surface area contributed by atoms with Crippen LogP contribution in [0.15, 0.2) is 53.8 Å². The van der Waals surface area contributed by atoms with Gasteiger partial charge >= 0.3 is 6.61 Å². The quantitative estimate of drug-likeness (QED) is 0.578. The van der Waals surface area contributed by atoms with Gasteiger partial charge in [-0.05, 0) is 42.7 Å². The Balaban J connectivity index is 1.94. The van der Waals surface area contributed by atoms with Crippen LogP contribution < -0.4 is 10.1 Å². The molecule has 26 heavy (non-hydrogen) atoms. The highest BCUT2D eigenvalue weighted by Gasteiger charge is 2.08. The second-order valence-corrected chi connectivity index (χ2v) is 5.73. The Hall–Kier alpha value is -2.70. The van der Waals surface area contributed by atoms with Crippen LogP contribution in [-0.2, 0) is 13.0 Å². The fourth-order valence-corrected chi connectivity index (χ4v) is 2.43. The van der Waals surface area contributed by atoms with Crippen molar-refractivity contribution in [1.29, 1.82) is 0 Å². The Bertz CT molecular complexity index is 678. The van der Waals surface area contributed by atoms with Gasteiger partial charge in [0.05, 0.1) is 0 Å². The molecule has 0 amide bonds. The maximum atomic E-state index is 12.2. The van der Waals surface area contributed by atoms with E-state index in [-0.39, 0.29) is 5.75 Å². The molecule has 5 nitrogen and oxygen atoms in total. The maximum Gasteiger partial charge on any atom is 0.387 e. The Morgan fingerprint density at radius 2 is 2.00 bits per heavy atom. The summed E-state index contributed by atoms with van der Waals surface area (Å²) in [5.74, 6) is 0.952. The van der Waals surface area contributed by atoms with E-state index in [1.165, 1.54) is 0 Å². The molecule has 1 aromatic heterocycles. The van der Waals surface area contributed by atoms with Gasteiger partial charge in [0.25, 0.3) is 0 Å². The van der Waals surface area contributed by atoms with E-state index in [2.05, 4.69) is 20.0 Å². The van der Waals surface area contributed by atoms with Crippen LogP contribution in [0.2, 0.25) is 0 Å². The number of rotatable bonds is 8. The van der Waals surface area contributed by atoms with Gasteiger partial charge in [0.2, 0.25) is 0 Å². The third-order valence-corrected chi connectivity index (χ3v) is 3.65. The lowest BCUT2D eigenvalue weighted by Gasteiger charge is -2.22. The standard InChI is InChI=1S/C19H24F2N4O/c1-3-23-19(24-12-10-15-5-4-11-22-13-15)25(2)14-16-6-8-17(9-7-16)26-18(20)21/h4-9,11,13,18H,3,10,12,14H2,1-2H3,(H,23,24). The third kappa shape index (κ3) is 6.66. The Morgan fingerprint density at radius 3 is 2.62 bits per heavy atom. The molecule has 0 atom stereocenters. The van der Waals surface area contributed by atoms with Crippen molar-refractivity contribution in [2.75, 3.05) is 20.1 Å². The lowest BCUT2D eigenvalue weighted by Crippen LogP contribution is -2.38. The molecule has 7 heteroatoms. The second-order valence-electron chi connectivity index (χ2n) is 5.73. The molecule has 0 spiro atoms. The number of hydrogen-bond acceptors (Lipinski definition) is 3. The Kier molecular flexibility index (Phi) is 7.79. The number of aromatic nitrogens is 1. The van der Waals surface area contributed by atoms with E-state index in [0.29, 0.717) is 13.1 Å². The molecule has 140 valence electrons. The summed E-state index contributed by atoms with van der Waals surface area (Å²) < 4.78 is 28.8. The summed E-state index contributed by atoms with van der Waals surface area (Å²) >= 11 is 0. The molecule has 0 aliphatic rings. The van der Waals surface area contributed by atoms with Crippen LogP contribution in [-0.4, -0.2) is 42.6 Å². The molecule has 0 aliphatic heterocycles. The van der Waals surface area contributed by atoms with Gasteiger partial charge < -0.3 is 15.0 Å². The highest BCUT2D eigenvalue weighted by atomic mass is 19.3. The zero-order chi connectivity index (χ0) is 18.8. The number of ether oxygens (including phenoxy) is 1. The van der Waals surface area contributed by atoms with E-state index >= 15 is 0 Å². The predicted octanol–water partition coefficient (Wildman–Crippen LogP) is 3.32. The minimum absolute atomic E-state index is 0.156. The van der Waals surface area contributed by atoms with Crippen LogP contribution in [0.25, 0.3) is 0 Å². The number of nitrogens with zero attached hydrogens (tertiary/aromatic N) is 3. The number of halogens is 2. The van der Waals surface area contributed by atoms with Crippen molar-refractivity contribution in [3.8, 4) is 5.75 Å². The molecule has 0 radical (unpaired) electrons. The molecular weight excluding hydrogens is 338 g/mol. The summed E-state index contributed by atoms with van der Waals surface area (Å²) in [5, 5.41) is 3.26. The fraction of sp³-hybridized carbons (Fsp3) is 0.368. The zero-order valence-electron chi connectivity index (χ0n) is 15.0. The Morgan fingerprint density at radius 1 is 1.23 bits per heavy atom. The summed E-state index contributed by atoms with van der Waals surface area (Å²) in [7, 11) is 1.94. The molecule has 2 rings (SSSR count). The van der Waals surface area contributed by atoms with Crippen molar-refractivity contribution in [2.24, 2.45) is 4.99 Å². The van der Waals surface area contributed by atoms with Crippen molar-refractivity contribution in [2.45, 2.75) is 26.5 Å². The van der Waals surface area contributed by atoms with Gasteiger partial charge in [0.1, 0.15) is 5.75 Å². The molecule has 0 saturated heterocycles. The number of nitrogens with one attached hydrogen (secondary N) is 1. The van der Waals surface area contributed by atoms with Crippen LogP contribution in [0.1, 0.15) is 18.1 Å². The lowest BCUT2D eigenvalue weighted by molar-refractivity contribution is -0.0498. The summed E-state index contributed by atoms with van der Waals surface area (Å²) in [4.78, 5) is 10.7. The molecule has 0 aliphatic carbocycles. The van der Waals surface area contributed by atoms with E-state index in [1.54, 1.807) is 30.5 Å². The number of guanidine groups is 1. The van der Waals surface area contributed by atoms with Gasteiger partial charge in [0.15, 0.2) is 5.96 Å². The number of hydrogen-bond donors (Lipinski definition) is 1. The minimum atomic E-state index is -2.81. The lowest BCUT2D eigenvalue weighted by atomic mass is 10.2. The monoisotopic (exact) mass is 362 g/mol. The van der Waals surface area contributed by atoms with Gasteiger partial charge in [-0.3, -0.25) is 9.98 Å². The van der Waals surface area contributed by atoms with E-state index in [4.69, 9.17) is 0 Å². The topological polar surface area (TPSA) is 49.8 Å². The SMILES string of the molecule is CCNC(=NCCc1cccnc1)N(C)Cc1ccc(OC(F)F)cc1. The third-order valence-electron chi connectivity index (χ3n) is 3.65. The first-order chi connectivity index (χ1) is 12.6. The van der Waals surface area contributed by atoms with Crippen LogP contribution in [0.4, 0.5) is 8.78 Å². The first kappa shape index (κ1) is 19.6. The van der Waals surface area contributed by atoms with Crippen molar-refractivity contribution in [3.05, 3.63) is 59.9 Å². The molecule has 1 N–H and O–H groups in total. The van der Waals surface area contributed by atoms with Crippen molar-refractivity contribution >= 4 is 5.96 Å². The van der Waals surface area contributed by atoms with Gasteiger partial charge in [-0.15, -0.1) is 0 Å². The van der Waals surface area contributed by atoms with E-state index < -0.39 is 6.61 Å². The van der Waals surface area contributed by atoms with Gasteiger partial charge in [0, 0.05) is 39.1 Å². The molecule has 0 unspecified atom stereocenters. The molecule has 0 bridgehead atoms. The highest BCUT2D eigenvalue weighted by Crippen LogP contribution is 2.15. The largest absolute Gasteiger partial charge is 0.435 e. The predicted molar refractivity (Wildman–Crippen MR) is 98.5 cm³/mol. The number of aliphatic imine (C=N–C) groups is 1. The van der Waals surface area contributed by atoms with Crippen molar-refractivity contribution in [3.63, 3.8) is 0 Å². The van der Waals surface area contributed by atoms with Crippen LogP contribution in [0, 0.1) is 0 Å². The summed E-state index contributed by atoms with van der Waals surface area (Å²) in [5.41, 5.74) is 2.12. The number of alkyl halides is 2. The minimum Gasteiger partial charge on any atom is -0.435 e. The fourth-order valence-electron chi connectivity index (χ4n) is 2.43. The number of benzene rings is 1. The molecule has 0 saturated carbocycles. The van der Waals surface area contributed by atoms with Crippen molar-refractivity contribution < 1.29 is 13.5 Å². The average Bonchev–Trinajstić information content (AvgIpc) is 2.63. The van der Waals surface area contributed by atoms with Crippen LogP contribution in [0.3, 0.4) is 0 Å². The van der Waals surface area contributed by atoms with Gasteiger partial charge in [-0.1, -0.05) is 18.2 Å². The van der Waals surface area contributed by atoms with Crippen molar-refractivity contribution in [1.82, 2.24) is 15.2 Å². The maximum absolute atomic E-state index is 12.2. The molecule has 1 heterocycles. The highest BCUT2D eigenvalue weighted by molar-refractivity contribution is 5.79. The van der Waals surface area contributed by atoms with Crippen LogP contribution in [0.5, 0.6) is 5.75 Å². The summed E-state index contributed by atoms with van der Waals surface area (Å²) in [6.45, 7) is 1.22. The van der Waals surface area contributed by atoms with Gasteiger partial charge in [-0.25, -0.2) is 0 Å². The first-order valence-electron chi connectivity index (χ1n) is 8.50. The average molecular weight is 362 g/mol. The van der Waals surface area contributed by atoms with E-state index in [0.717, 1.165) is 30.1 Å². The molecular formula is C19H24F2N4O. The normalized spacial score (nSPS) is 11.5. The molecule has 2 aromatic rings. The smallest absolute Gasteiger partial charge is 0.387 e. The molecule has 0 fully saturated rings. The van der Waals surface area contributed by atoms with E-state index in [9.17, 15) is 8.78 Å². The number of pyridine rings is 1. The van der Waals surface area contributed by atoms with E-state index in [1.807, 2.05) is 37.2 Å². The summed E-state index contributed by atoms with van der Waals surface area (Å²) in [6, 6.07) is 10.6. The first-order valence-corrected chi connectivity index (χ1v) is 8.50. The summed E-state index contributed by atoms with van der Waals surface area (Å²) in [6.07, 6.45) is 4.41. The zero-order valence-corrected chi connectivity index (χ0v) is 15.0.